The van der Waals surface area contributed by atoms with Crippen molar-refractivity contribution < 1.29 is 4.79 Å². The van der Waals surface area contributed by atoms with E-state index >= 15 is 0 Å². The lowest BCUT2D eigenvalue weighted by Gasteiger charge is -2.33. The molecule has 1 amide bonds. The van der Waals surface area contributed by atoms with E-state index in [-0.39, 0.29) is 18.0 Å². The van der Waals surface area contributed by atoms with Gasteiger partial charge >= 0.3 is 0 Å². The third kappa shape index (κ3) is 4.40. The summed E-state index contributed by atoms with van der Waals surface area (Å²) < 4.78 is 0. The minimum atomic E-state index is -0.378. The van der Waals surface area contributed by atoms with Gasteiger partial charge in [0.25, 0.3) is 0 Å². The Labute approximate surface area is 132 Å². The summed E-state index contributed by atoms with van der Waals surface area (Å²) >= 11 is 0. The lowest BCUT2D eigenvalue weighted by Crippen LogP contribution is -2.49. The minimum Gasteiger partial charge on any atom is -0.356 e. The van der Waals surface area contributed by atoms with Crippen LogP contribution in [0, 0.1) is 0 Å². The number of aromatic nitrogens is 2. The first kappa shape index (κ1) is 16.7. The zero-order valence-electron chi connectivity index (χ0n) is 13.6. The van der Waals surface area contributed by atoms with Crippen molar-refractivity contribution in [2.75, 3.05) is 18.0 Å². The van der Waals surface area contributed by atoms with Crippen molar-refractivity contribution in [3.8, 4) is 0 Å². The molecule has 0 aliphatic carbocycles. The van der Waals surface area contributed by atoms with E-state index in [2.05, 4.69) is 33.2 Å². The fraction of sp³-hybridized carbons (Fsp3) is 0.688. The molecule has 1 aliphatic heterocycles. The summed E-state index contributed by atoms with van der Waals surface area (Å²) in [6, 6.07) is 1.90. The number of anilines is 1. The van der Waals surface area contributed by atoms with Crippen molar-refractivity contribution in [3.63, 3.8) is 0 Å². The summed E-state index contributed by atoms with van der Waals surface area (Å²) in [7, 11) is 0. The van der Waals surface area contributed by atoms with E-state index < -0.39 is 0 Å². The van der Waals surface area contributed by atoms with Crippen LogP contribution in [0.4, 0.5) is 5.82 Å². The van der Waals surface area contributed by atoms with Crippen molar-refractivity contribution in [2.24, 2.45) is 5.73 Å². The molecule has 1 atom stereocenters. The molecule has 0 spiro atoms. The van der Waals surface area contributed by atoms with Gasteiger partial charge in [0, 0.05) is 30.9 Å². The first-order valence-corrected chi connectivity index (χ1v) is 8.25. The molecule has 1 saturated heterocycles. The van der Waals surface area contributed by atoms with Crippen molar-refractivity contribution >= 4 is 11.7 Å². The summed E-state index contributed by atoms with van der Waals surface area (Å²) in [6.45, 7) is 5.92. The molecule has 3 N–H and O–H groups in total. The maximum absolute atomic E-state index is 12.0. The zero-order chi connectivity index (χ0) is 15.9. The van der Waals surface area contributed by atoms with Crippen molar-refractivity contribution in [1.82, 2.24) is 15.3 Å². The van der Waals surface area contributed by atoms with Gasteiger partial charge in [-0.3, -0.25) is 4.79 Å². The minimum absolute atomic E-state index is 0.0180. The molecule has 1 aliphatic rings. The molecule has 0 saturated carbocycles. The molecule has 22 heavy (non-hydrogen) atoms. The Bertz CT molecular complexity index is 485. The molecule has 2 rings (SSSR count). The number of hydrogen-bond acceptors (Lipinski definition) is 5. The van der Waals surface area contributed by atoms with Crippen molar-refractivity contribution in [2.45, 2.75) is 58.0 Å². The Balaban J connectivity index is 1.83. The zero-order valence-corrected chi connectivity index (χ0v) is 13.6. The van der Waals surface area contributed by atoms with Crippen LogP contribution in [-0.2, 0) is 11.2 Å². The lowest BCUT2D eigenvalue weighted by atomic mass is 10.0. The number of carbonyl (C=O) groups excluding carboxylic acids is 1. The molecule has 6 nitrogen and oxygen atoms in total. The molecule has 1 fully saturated rings. The number of nitrogens with one attached hydrogen (secondary N) is 1. The molecule has 2 heterocycles. The number of amides is 1. The highest BCUT2D eigenvalue weighted by Crippen LogP contribution is 2.18. The Hall–Kier alpha value is -1.69. The van der Waals surface area contributed by atoms with Gasteiger partial charge in [0.05, 0.1) is 6.04 Å². The van der Waals surface area contributed by atoms with Gasteiger partial charge in [-0.1, -0.05) is 20.3 Å². The van der Waals surface area contributed by atoms with Crippen LogP contribution in [0.2, 0.25) is 0 Å². The van der Waals surface area contributed by atoms with E-state index in [9.17, 15) is 4.79 Å². The summed E-state index contributed by atoms with van der Waals surface area (Å²) in [5.74, 6) is 0.968. The van der Waals surface area contributed by atoms with Crippen molar-refractivity contribution in [1.29, 1.82) is 0 Å². The number of aryl methyl sites for hydroxylation is 1. The van der Waals surface area contributed by atoms with Crippen LogP contribution < -0.4 is 16.0 Å². The maximum atomic E-state index is 12.0. The quantitative estimate of drug-likeness (QED) is 0.826. The summed E-state index contributed by atoms with van der Waals surface area (Å²) in [5, 5.41) is 3.07. The average molecular weight is 305 g/mol. The largest absolute Gasteiger partial charge is 0.356 e. The third-order valence-electron chi connectivity index (χ3n) is 4.17. The van der Waals surface area contributed by atoms with Crippen LogP contribution in [0.25, 0.3) is 0 Å². The van der Waals surface area contributed by atoms with Gasteiger partial charge in [0.1, 0.15) is 12.1 Å². The number of piperidine rings is 1. The smallest absolute Gasteiger partial charge is 0.237 e. The second-order valence-electron chi connectivity index (χ2n) is 5.89. The Morgan fingerprint density at radius 3 is 2.77 bits per heavy atom. The summed E-state index contributed by atoms with van der Waals surface area (Å²) in [6.07, 6.45) is 6.07. The van der Waals surface area contributed by atoms with E-state index in [4.69, 9.17) is 5.73 Å². The standard InChI is InChI=1S/C16H27N5O/c1-3-5-14(17)16(22)20-13-6-8-21(9-7-13)15-10-12(4-2)18-11-19-15/h10-11,13-14H,3-9,17H2,1-2H3,(H,20,22). The summed E-state index contributed by atoms with van der Waals surface area (Å²) in [4.78, 5) is 22.8. The monoisotopic (exact) mass is 305 g/mol. The van der Waals surface area contributed by atoms with Crippen LogP contribution in [0.5, 0.6) is 0 Å². The molecule has 1 aromatic heterocycles. The highest BCUT2D eigenvalue weighted by Gasteiger charge is 2.23. The molecular formula is C16H27N5O. The molecular weight excluding hydrogens is 278 g/mol. The van der Waals surface area contributed by atoms with Gasteiger partial charge in [-0.15, -0.1) is 0 Å². The highest BCUT2D eigenvalue weighted by atomic mass is 16.2. The molecule has 0 radical (unpaired) electrons. The van der Waals surface area contributed by atoms with Crippen LogP contribution in [-0.4, -0.2) is 41.0 Å². The number of carbonyl (C=O) groups is 1. The number of rotatable bonds is 6. The van der Waals surface area contributed by atoms with Gasteiger partial charge in [-0.25, -0.2) is 9.97 Å². The van der Waals surface area contributed by atoms with Crippen LogP contribution in [0.1, 0.15) is 45.2 Å². The fourth-order valence-corrected chi connectivity index (χ4v) is 2.76. The molecule has 0 bridgehead atoms. The predicted octanol–water partition coefficient (Wildman–Crippen LogP) is 1.25. The van der Waals surface area contributed by atoms with E-state index in [1.807, 2.05) is 6.92 Å². The molecule has 0 aromatic carbocycles. The van der Waals surface area contributed by atoms with Gasteiger partial charge in [-0.05, 0) is 25.7 Å². The lowest BCUT2D eigenvalue weighted by molar-refractivity contribution is -0.123. The molecule has 1 aromatic rings. The van der Waals surface area contributed by atoms with Gasteiger partial charge in [0.15, 0.2) is 0 Å². The molecule has 122 valence electrons. The van der Waals surface area contributed by atoms with Gasteiger partial charge < -0.3 is 16.0 Å². The Morgan fingerprint density at radius 2 is 2.14 bits per heavy atom. The maximum Gasteiger partial charge on any atom is 0.237 e. The molecule has 6 heteroatoms. The number of nitrogens with zero attached hydrogens (tertiary/aromatic N) is 3. The third-order valence-corrected chi connectivity index (χ3v) is 4.17. The van der Waals surface area contributed by atoms with Gasteiger partial charge in [0.2, 0.25) is 5.91 Å². The normalized spacial score (nSPS) is 17.3. The van der Waals surface area contributed by atoms with Crippen molar-refractivity contribution in [3.05, 3.63) is 18.1 Å². The Kier molecular flexibility index (Phi) is 6.12. The second-order valence-corrected chi connectivity index (χ2v) is 5.89. The van der Waals surface area contributed by atoms with E-state index in [1.165, 1.54) is 0 Å². The SMILES string of the molecule is CCCC(N)C(=O)NC1CCN(c2cc(CC)ncn2)CC1. The second kappa shape index (κ2) is 8.08. The van der Waals surface area contributed by atoms with E-state index in [1.54, 1.807) is 6.33 Å². The number of nitrogens with two attached hydrogens (primary N) is 1. The first-order chi connectivity index (χ1) is 10.6. The van der Waals surface area contributed by atoms with Gasteiger partial charge in [-0.2, -0.15) is 0 Å². The molecule has 1 unspecified atom stereocenters. The topological polar surface area (TPSA) is 84.1 Å². The number of hydrogen-bond donors (Lipinski definition) is 2. The highest BCUT2D eigenvalue weighted by molar-refractivity contribution is 5.81. The first-order valence-electron chi connectivity index (χ1n) is 8.25. The summed E-state index contributed by atoms with van der Waals surface area (Å²) in [5.41, 5.74) is 6.92. The van der Waals surface area contributed by atoms with E-state index in [0.717, 1.165) is 56.7 Å². The average Bonchev–Trinajstić information content (AvgIpc) is 2.55. The predicted molar refractivity (Wildman–Crippen MR) is 87.7 cm³/mol. The van der Waals surface area contributed by atoms with Crippen LogP contribution in [0.15, 0.2) is 12.4 Å². The van der Waals surface area contributed by atoms with Crippen LogP contribution >= 0.6 is 0 Å². The fourth-order valence-electron chi connectivity index (χ4n) is 2.76. The Morgan fingerprint density at radius 1 is 1.41 bits per heavy atom. The van der Waals surface area contributed by atoms with E-state index in [0.29, 0.717) is 0 Å². The van der Waals surface area contributed by atoms with Crippen LogP contribution in [0.3, 0.4) is 0 Å².